The van der Waals surface area contributed by atoms with Crippen molar-refractivity contribution in [2.75, 3.05) is 19.5 Å². The summed E-state index contributed by atoms with van der Waals surface area (Å²) in [6, 6.07) is 4.05. The molecule has 0 radical (unpaired) electrons. The van der Waals surface area contributed by atoms with Gasteiger partial charge in [-0.1, -0.05) is 6.07 Å². The lowest BCUT2D eigenvalue weighted by atomic mass is 10.0. The summed E-state index contributed by atoms with van der Waals surface area (Å²) >= 11 is 0. The molecule has 0 amide bonds. The van der Waals surface area contributed by atoms with E-state index in [-0.39, 0.29) is 23.4 Å². The number of nitrogens with two attached hydrogens (primary N) is 1. The van der Waals surface area contributed by atoms with Crippen LogP contribution in [0.15, 0.2) is 18.2 Å². The van der Waals surface area contributed by atoms with E-state index in [0.717, 1.165) is 7.11 Å². The van der Waals surface area contributed by atoms with Crippen molar-refractivity contribution in [2.24, 2.45) is 0 Å². The van der Waals surface area contributed by atoms with Gasteiger partial charge in [-0.05, 0) is 24.6 Å². The quantitative estimate of drug-likeness (QED) is 0.514. The normalized spacial score (nSPS) is 13.4. The van der Waals surface area contributed by atoms with Crippen LogP contribution in [0.5, 0.6) is 0 Å². The largest absolute Gasteiger partial charge is 0.467 e. The number of nitrogen functional groups attached to an aromatic ring is 1. The van der Waals surface area contributed by atoms with Crippen LogP contribution < -0.4 is 5.73 Å². The molecule has 1 rings (SSSR count). The van der Waals surface area contributed by atoms with Gasteiger partial charge in [0.15, 0.2) is 6.10 Å². The lowest BCUT2D eigenvalue weighted by molar-refractivity contribution is -0.156. The average Bonchev–Trinajstić information content (AvgIpc) is 2.45. The molecule has 0 fully saturated rings. The Bertz CT molecular complexity index is 502. The van der Waals surface area contributed by atoms with E-state index in [9.17, 15) is 19.8 Å². The smallest absolute Gasteiger partial charge is 0.340 e. The zero-order valence-corrected chi connectivity index (χ0v) is 11.2. The number of esters is 2. The Morgan fingerprint density at radius 2 is 2.00 bits per heavy atom. The number of anilines is 1. The molecular formula is C13H17NO6. The van der Waals surface area contributed by atoms with E-state index in [1.54, 1.807) is 6.92 Å². The lowest BCUT2D eigenvalue weighted by Gasteiger charge is -2.17. The van der Waals surface area contributed by atoms with Gasteiger partial charge in [0.25, 0.3) is 0 Å². The van der Waals surface area contributed by atoms with Gasteiger partial charge >= 0.3 is 11.9 Å². The summed E-state index contributed by atoms with van der Waals surface area (Å²) in [6.45, 7) is 1.82. The molecule has 0 saturated carbocycles. The summed E-state index contributed by atoms with van der Waals surface area (Å²) < 4.78 is 9.15. The van der Waals surface area contributed by atoms with E-state index in [1.807, 2.05) is 0 Å². The SMILES string of the molecule is CCOC(=O)c1cc(C(O)C(O)C(=O)OC)ccc1N. The maximum atomic E-state index is 11.7. The number of hydrogen-bond acceptors (Lipinski definition) is 7. The molecule has 0 heterocycles. The highest BCUT2D eigenvalue weighted by Gasteiger charge is 2.27. The fourth-order valence-corrected chi connectivity index (χ4v) is 1.58. The fraction of sp³-hybridized carbons (Fsp3) is 0.385. The van der Waals surface area contributed by atoms with E-state index in [4.69, 9.17) is 10.5 Å². The molecule has 0 aliphatic heterocycles. The van der Waals surface area contributed by atoms with Crippen molar-refractivity contribution in [1.29, 1.82) is 0 Å². The molecule has 110 valence electrons. The van der Waals surface area contributed by atoms with E-state index in [0.29, 0.717) is 0 Å². The number of methoxy groups -OCH3 is 1. The zero-order valence-electron chi connectivity index (χ0n) is 11.2. The summed E-state index contributed by atoms with van der Waals surface area (Å²) in [5.74, 6) is -1.63. The minimum absolute atomic E-state index is 0.0560. The average molecular weight is 283 g/mol. The second kappa shape index (κ2) is 6.88. The van der Waals surface area contributed by atoms with Gasteiger partial charge in [-0.3, -0.25) is 0 Å². The number of aliphatic hydroxyl groups excluding tert-OH is 2. The van der Waals surface area contributed by atoms with E-state index in [1.165, 1.54) is 18.2 Å². The highest BCUT2D eigenvalue weighted by Crippen LogP contribution is 2.23. The summed E-state index contributed by atoms with van der Waals surface area (Å²) in [5.41, 5.74) is 6.03. The molecule has 0 spiro atoms. The summed E-state index contributed by atoms with van der Waals surface area (Å²) in [7, 11) is 1.09. The van der Waals surface area contributed by atoms with E-state index >= 15 is 0 Å². The van der Waals surface area contributed by atoms with Crippen molar-refractivity contribution < 1.29 is 29.3 Å². The lowest BCUT2D eigenvalue weighted by Crippen LogP contribution is -2.29. The number of rotatable bonds is 5. The van der Waals surface area contributed by atoms with Gasteiger partial charge in [-0.25, -0.2) is 9.59 Å². The standard InChI is InChI=1S/C13H17NO6/c1-3-20-12(17)8-6-7(4-5-9(8)14)10(15)11(16)13(18)19-2/h4-6,10-11,15-16H,3,14H2,1-2H3. The Balaban J connectivity index is 3.05. The minimum atomic E-state index is -1.75. The molecule has 7 nitrogen and oxygen atoms in total. The van der Waals surface area contributed by atoms with Gasteiger partial charge in [0.05, 0.1) is 19.3 Å². The fourth-order valence-electron chi connectivity index (χ4n) is 1.58. The Morgan fingerprint density at radius 3 is 2.55 bits per heavy atom. The molecule has 4 N–H and O–H groups in total. The highest BCUT2D eigenvalue weighted by molar-refractivity contribution is 5.95. The van der Waals surface area contributed by atoms with Crippen molar-refractivity contribution in [3.8, 4) is 0 Å². The summed E-state index contributed by atoms with van der Waals surface area (Å²) in [4.78, 5) is 22.8. The predicted octanol–water partition coefficient (Wildman–Crippen LogP) is 0.0128. The second-order valence-corrected chi connectivity index (χ2v) is 3.98. The van der Waals surface area contributed by atoms with Crippen molar-refractivity contribution in [3.63, 3.8) is 0 Å². The Hall–Kier alpha value is -2.12. The molecule has 1 aromatic rings. The first-order valence-corrected chi connectivity index (χ1v) is 5.92. The van der Waals surface area contributed by atoms with Gasteiger partial charge in [0.1, 0.15) is 6.10 Å². The third-order valence-corrected chi connectivity index (χ3v) is 2.66. The highest BCUT2D eigenvalue weighted by atomic mass is 16.5. The zero-order chi connectivity index (χ0) is 15.3. The van der Waals surface area contributed by atoms with Crippen LogP contribution in [0.4, 0.5) is 5.69 Å². The molecule has 0 aromatic heterocycles. The van der Waals surface area contributed by atoms with Gasteiger partial charge in [-0.2, -0.15) is 0 Å². The number of carbonyl (C=O) groups excluding carboxylic acids is 2. The van der Waals surface area contributed by atoms with Crippen molar-refractivity contribution in [1.82, 2.24) is 0 Å². The Kier molecular flexibility index (Phi) is 5.48. The third-order valence-electron chi connectivity index (χ3n) is 2.66. The second-order valence-electron chi connectivity index (χ2n) is 3.98. The van der Waals surface area contributed by atoms with Crippen LogP contribution in [0.2, 0.25) is 0 Å². The molecule has 2 atom stereocenters. The number of hydrogen-bond donors (Lipinski definition) is 3. The number of benzene rings is 1. The molecule has 2 unspecified atom stereocenters. The monoisotopic (exact) mass is 283 g/mol. The maximum absolute atomic E-state index is 11.7. The first-order valence-electron chi connectivity index (χ1n) is 5.92. The number of carbonyl (C=O) groups is 2. The molecule has 20 heavy (non-hydrogen) atoms. The molecule has 0 saturated heterocycles. The van der Waals surface area contributed by atoms with Crippen LogP contribution in [-0.4, -0.2) is 42.0 Å². The van der Waals surface area contributed by atoms with Gasteiger partial charge < -0.3 is 25.4 Å². The molecule has 1 aromatic carbocycles. The van der Waals surface area contributed by atoms with Crippen LogP contribution in [-0.2, 0) is 14.3 Å². The van der Waals surface area contributed by atoms with Crippen LogP contribution in [0.25, 0.3) is 0 Å². The Morgan fingerprint density at radius 1 is 1.35 bits per heavy atom. The summed E-state index contributed by atoms with van der Waals surface area (Å²) in [5, 5.41) is 19.4. The number of ether oxygens (including phenoxy) is 2. The molecule has 7 heteroatoms. The Labute approximate surface area is 115 Å². The first-order chi connectivity index (χ1) is 9.42. The maximum Gasteiger partial charge on any atom is 0.340 e. The van der Waals surface area contributed by atoms with Gasteiger partial charge in [0.2, 0.25) is 0 Å². The molecule has 0 bridgehead atoms. The minimum Gasteiger partial charge on any atom is -0.467 e. The van der Waals surface area contributed by atoms with Crippen LogP contribution in [0, 0.1) is 0 Å². The van der Waals surface area contributed by atoms with Gasteiger partial charge in [-0.15, -0.1) is 0 Å². The summed E-state index contributed by atoms with van der Waals surface area (Å²) in [6.07, 6.45) is -3.28. The molecular weight excluding hydrogens is 266 g/mol. The van der Waals surface area contributed by atoms with E-state index < -0.39 is 24.1 Å². The van der Waals surface area contributed by atoms with Crippen LogP contribution in [0.3, 0.4) is 0 Å². The predicted molar refractivity (Wildman–Crippen MR) is 69.8 cm³/mol. The third kappa shape index (κ3) is 3.46. The van der Waals surface area contributed by atoms with Crippen molar-refractivity contribution in [3.05, 3.63) is 29.3 Å². The van der Waals surface area contributed by atoms with Gasteiger partial charge in [0, 0.05) is 5.69 Å². The van der Waals surface area contributed by atoms with Crippen molar-refractivity contribution >= 4 is 17.6 Å². The van der Waals surface area contributed by atoms with Crippen LogP contribution >= 0.6 is 0 Å². The van der Waals surface area contributed by atoms with E-state index in [2.05, 4.69) is 4.74 Å². The molecule has 0 aliphatic rings. The number of aliphatic hydroxyl groups is 2. The van der Waals surface area contributed by atoms with Crippen molar-refractivity contribution in [2.45, 2.75) is 19.1 Å². The first kappa shape index (κ1) is 15.9. The van der Waals surface area contributed by atoms with Crippen LogP contribution in [0.1, 0.15) is 28.9 Å². The topological polar surface area (TPSA) is 119 Å². The molecule has 0 aliphatic carbocycles.